The van der Waals surface area contributed by atoms with E-state index in [-0.39, 0.29) is 11.8 Å². The molecule has 0 atom stereocenters. The first-order valence-electron chi connectivity index (χ1n) is 10.5. The highest BCUT2D eigenvalue weighted by Gasteiger charge is 2.24. The number of hydrogen-bond donors (Lipinski definition) is 1. The Kier molecular flexibility index (Phi) is 5.03. The quantitative estimate of drug-likeness (QED) is 0.522. The second kappa shape index (κ2) is 8.15. The van der Waals surface area contributed by atoms with E-state index >= 15 is 0 Å². The third-order valence-corrected chi connectivity index (χ3v) is 5.75. The van der Waals surface area contributed by atoms with Gasteiger partial charge in [-0.05, 0) is 67.1 Å². The zero-order valence-electron chi connectivity index (χ0n) is 17.7. The number of anilines is 2. The Bertz CT molecular complexity index is 1310. The van der Waals surface area contributed by atoms with E-state index in [0.717, 1.165) is 23.5 Å². The molecular formula is C26H22N4O2. The van der Waals surface area contributed by atoms with Crippen molar-refractivity contribution in [3.8, 4) is 0 Å². The van der Waals surface area contributed by atoms with Crippen molar-refractivity contribution in [3.05, 3.63) is 113 Å². The van der Waals surface area contributed by atoms with Gasteiger partial charge < -0.3 is 14.8 Å². The third-order valence-electron chi connectivity index (χ3n) is 5.75. The monoisotopic (exact) mass is 422 g/mol. The molecule has 0 saturated carbocycles. The number of amides is 2. The lowest BCUT2D eigenvalue weighted by Gasteiger charge is -2.23. The van der Waals surface area contributed by atoms with E-state index in [1.54, 1.807) is 49.5 Å². The molecule has 3 heterocycles. The average Bonchev–Trinajstić information content (AvgIpc) is 3.18. The minimum atomic E-state index is -0.225. The SMILES string of the molecule is Cc1ncccc1C(=O)Nc1ccc(C(=O)N2Cc3cccn3Cc3ccccc32)cc1. The summed E-state index contributed by atoms with van der Waals surface area (Å²) in [7, 11) is 0. The van der Waals surface area contributed by atoms with Crippen molar-refractivity contribution in [2.75, 3.05) is 10.2 Å². The normalized spacial score (nSPS) is 12.5. The highest BCUT2D eigenvalue weighted by Crippen LogP contribution is 2.29. The van der Waals surface area contributed by atoms with Crippen molar-refractivity contribution in [3.63, 3.8) is 0 Å². The number of hydrogen-bond acceptors (Lipinski definition) is 3. The topological polar surface area (TPSA) is 67.2 Å². The van der Waals surface area contributed by atoms with Crippen LogP contribution in [0.25, 0.3) is 0 Å². The summed E-state index contributed by atoms with van der Waals surface area (Å²) in [6.45, 7) is 3.04. The van der Waals surface area contributed by atoms with Gasteiger partial charge in [-0.25, -0.2) is 0 Å². The molecule has 0 fully saturated rings. The van der Waals surface area contributed by atoms with Crippen LogP contribution in [0.2, 0.25) is 0 Å². The van der Waals surface area contributed by atoms with Crippen LogP contribution in [0.3, 0.4) is 0 Å². The molecule has 4 aromatic rings. The van der Waals surface area contributed by atoms with Crippen molar-refractivity contribution in [1.82, 2.24) is 9.55 Å². The summed E-state index contributed by atoms with van der Waals surface area (Å²) in [6, 6.07) is 22.5. The van der Waals surface area contributed by atoms with E-state index in [1.165, 1.54) is 0 Å². The molecule has 2 aromatic carbocycles. The molecule has 6 nitrogen and oxygen atoms in total. The fourth-order valence-electron chi connectivity index (χ4n) is 4.04. The van der Waals surface area contributed by atoms with Gasteiger partial charge in [-0.2, -0.15) is 0 Å². The van der Waals surface area contributed by atoms with Gasteiger partial charge in [0.25, 0.3) is 11.8 Å². The van der Waals surface area contributed by atoms with Crippen molar-refractivity contribution in [1.29, 1.82) is 0 Å². The van der Waals surface area contributed by atoms with E-state index in [1.807, 2.05) is 41.4 Å². The Hall–Kier alpha value is -4.19. The first kappa shape index (κ1) is 19.8. The highest BCUT2D eigenvalue weighted by molar-refractivity contribution is 6.08. The lowest BCUT2D eigenvalue weighted by atomic mass is 10.1. The van der Waals surface area contributed by atoms with Crippen LogP contribution in [0.5, 0.6) is 0 Å². The number of pyridine rings is 1. The van der Waals surface area contributed by atoms with E-state index in [9.17, 15) is 9.59 Å². The molecule has 5 rings (SSSR count). The molecule has 32 heavy (non-hydrogen) atoms. The van der Waals surface area contributed by atoms with Crippen LogP contribution in [0.4, 0.5) is 11.4 Å². The number of benzene rings is 2. The lowest BCUT2D eigenvalue weighted by molar-refractivity contribution is 0.0983. The van der Waals surface area contributed by atoms with Gasteiger partial charge >= 0.3 is 0 Å². The van der Waals surface area contributed by atoms with Crippen LogP contribution in [0.15, 0.2) is 85.2 Å². The van der Waals surface area contributed by atoms with Gasteiger partial charge in [-0.15, -0.1) is 0 Å². The van der Waals surface area contributed by atoms with Crippen molar-refractivity contribution < 1.29 is 9.59 Å². The standard InChI is InChI=1S/C26H22N4O2/c1-18-23(8-4-14-27-18)25(31)28-21-12-10-19(11-13-21)26(32)30-17-22-7-5-15-29(22)16-20-6-2-3-9-24(20)30/h2-15H,16-17H2,1H3,(H,28,31). The van der Waals surface area contributed by atoms with E-state index in [2.05, 4.69) is 20.9 Å². The van der Waals surface area contributed by atoms with Gasteiger partial charge in [-0.1, -0.05) is 18.2 Å². The molecular weight excluding hydrogens is 400 g/mol. The molecule has 158 valence electrons. The predicted molar refractivity (Wildman–Crippen MR) is 124 cm³/mol. The molecule has 0 aliphatic carbocycles. The third kappa shape index (κ3) is 3.67. The minimum absolute atomic E-state index is 0.0759. The largest absolute Gasteiger partial charge is 0.345 e. The molecule has 2 amide bonds. The predicted octanol–water partition coefficient (Wildman–Crippen LogP) is 4.65. The van der Waals surface area contributed by atoms with Gasteiger partial charge in [0.1, 0.15) is 0 Å². The summed E-state index contributed by atoms with van der Waals surface area (Å²) in [5.74, 6) is -0.301. The van der Waals surface area contributed by atoms with Gasteiger partial charge in [0.05, 0.1) is 12.1 Å². The van der Waals surface area contributed by atoms with Crippen molar-refractivity contribution >= 4 is 23.2 Å². The number of nitrogens with one attached hydrogen (secondary N) is 1. The first-order chi connectivity index (χ1) is 15.6. The highest BCUT2D eigenvalue weighted by atomic mass is 16.2. The molecule has 0 unspecified atom stereocenters. The Morgan fingerprint density at radius 2 is 1.72 bits per heavy atom. The van der Waals surface area contributed by atoms with Crippen molar-refractivity contribution in [2.24, 2.45) is 0 Å². The maximum Gasteiger partial charge on any atom is 0.258 e. The molecule has 2 aromatic heterocycles. The van der Waals surface area contributed by atoms with E-state index < -0.39 is 0 Å². The van der Waals surface area contributed by atoms with Gasteiger partial charge in [0, 0.05) is 47.3 Å². The molecule has 1 N–H and O–H groups in total. The minimum Gasteiger partial charge on any atom is -0.345 e. The van der Waals surface area contributed by atoms with Crippen LogP contribution in [-0.4, -0.2) is 21.4 Å². The molecule has 0 saturated heterocycles. The zero-order chi connectivity index (χ0) is 22.1. The fraction of sp³-hybridized carbons (Fsp3) is 0.115. The average molecular weight is 422 g/mol. The maximum atomic E-state index is 13.5. The molecule has 1 aliphatic rings. The number of nitrogens with zero attached hydrogens (tertiary/aromatic N) is 3. The maximum absolute atomic E-state index is 13.5. The second-order valence-corrected chi connectivity index (χ2v) is 7.82. The van der Waals surface area contributed by atoms with Gasteiger partial charge in [-0.3, -0.25) is 14.6 Å². The number of rotatable bonds is 3. The summed E-state index contributed by atoms with van der Waals surface area (Å²) >= 11 is 0. The summed E-state index contributed by atoms with van der Waals surface area (Å²) < 4.78 is 2.17. The number of carbonyl (C=O) groups excluding carboxylic acids is 2. The second-order valence-electron chi connectivity index (χ2n) is 7.82. The summed E-state index contributed by atoms with van der Waals surface area (Å²) in [5.41, 5.74) is 5.50. The summed E-state index contributed by atoms with van der Waals surface area (Å²) in [6.07, 6.45) is 3.70. The van der Waals surface area contributed by atoms with Gasteiger partial charge in [0.2, 0.25) is 0 Å². The van der Waals surface area contributed by atoms with Crippen LogP contribution < -0.4 is 10.2 Å². The Morgan fingerprint density at radius 1 is 0.906 bits per heavy atom. The molecule has 6 heteroatoms. The number of aromatic nitrogens is 2. The smallest absolute Gasteiger partial charge is 0.258 e. The van der Waals surface area contributed by atoms with E-state index in [0.29, 0.717) is 29.1 Å². The molecule has 1 aliphatic heterocycles. The number of fused-ring (bicyclic) bond motifs is 2. The fourth-order valence-corrected chi connectivity index (χ4v) is 4.04. The first-order valence-corrected chi connectivity index (χ1v) is 10.5. The molecule has 0 radical (unpaired) electrons. The van der Waals surface area contributed by atoms with Crippen molar-refractivity contribution in [2.45, 2.75) is 20.0 Å². The Labute approximate surface area is 186 Å². The van der Waals surface area contributed by atoms with Crippen LogP contribution in [-0.2, 0) is 13.1 Å². The number of aryl methyl sites for hydroxylation is 1. The van der Waals surface area contributed by atoms with Crippen LogP contribution in [0.1, 0.15) is 37.7 Å². The number of carbonyl (C=O) groups is 2. The number of para-hydroxylation sites is 1. The van der Waals surface area contributed by atoms with E-state index in [4.69, 9.17) is 0 Å². The Morgan fingerprint density at radius 3 is 2.53 bits per heavy atom. The molecule has 0 bridgehead atoms. The molecule has 0 spiro atoms. The summed E-state index contributed by atoms with van der Waals surface area (Å²) in [5, 5.41) is 2.87. The Balaban J connectivity index is 1.39. The summed E-state index contributed by atoms with van der Waals surface area (Å²) in [4.78, 5) is 32.0. The van der Waals surface area contributed by atoms with Crippen LogP contribution >= 0.6 is 0 Å². The lowest BCUT2D eigenvalue weighted by Crippen LogP contribution is -2.30. The van der Waals surface area contributed by atoms with Crippen LogP contribution in [0, 0.1) is 6.92 Å². The zero-order valence-corrected chi connectivity index (χ0v) is 17.7. The van der Waals surface area contributed by atoms with Gasteiger partial charge in [0.15, 0.2) is 0 Å².